The number of hydrogen-bond acceptors (Lipinski definition) is 2. The van der Waals surface area contributed by atoms with Crippen LogP contribution in [0, 0.1) is 5.82 Å². The Labute approximate surface area is 88.9 Å². The summed E-state index contributed by atoms with van der Waals surface area (Å²) in [5, 5.41) is 9.07. The van der Waals surface area contributed by atoms with E-state index in [1.54, 1.807) is 6.07 Å². The number of aliphatic hydroxyl groups is 1. The van der Waals surface area contributed by atoms with Gasteiger partial charge in [0.1, 0.15) is 5.82 Å². The van der Waals surface area contributed by atoms with Crippen LogP contribution in [0.5, 0.6) is 0 Å². The van der Waals surface area contributed by atoms with Crippen molar-refractivity contribution in [3.63, 3.8) is 0 Å². The predicted molar refractivity (Wildman–Crippen MR) is 57.2 cm³/mol. The minimum atomic E-state index is -0.202. The topological polar surface area (TPSA) is 46.2 Å². The second-order valence-electron chi connectivity index (χ2n) is 4.22. The molecule has 0 bridgehead atoms. The number of benzene rings is 1. The molecular formula is C12H16FNO. The van der Waals surface area contributed by atoms with E-state index in [2.05, 4.69) is 0 Å². The summed E-state index contributed by atoms with van der Waals surface area (Å²) in [4.78, 5) is 0. The Hall–Kier alpha value is -0.930. The van der Waals surface area contributed by atoms with Crippen molar-refractivity contribution in [3.05, 3.63) is 35.1 Å². The molecule has 1 atom stereocenters. The van der Waals surface area contributed by atoms with Gasteiger partial charge in [0, 0.05) is 18.6 Å². The van der Waals surface area contributed by atoms with Crippen LogP contribution in [-0.4, -0.2) is 18.3 Å². The zero-order valence-electron chi connectivity index (χ0n) is 8.67. The normalized spacial score (nSPS) is 24.2. The molecule has 1 unspecified atom stereocenters. The maximum absolute atomic E-state index is 13.5. The van der Waals surface area contributed by atoms with Crippen molar-refractivity contribution in [2.75, 3.05) is 13.2 Å². The minimum absolute atomic E-state index is 0.104. The molecule has 0 spiro atoms. The SMILES string of the molecule is NCC1(CCO)CCc2c(F)cccc21. The summed E-state index contributed by atoms with van der Waals surface area (Å²) in [6.07, 6.45) is 2.21. The molecule has 0 aromatic heterocycles. The molecule has 0 fully saturated rings. The van der Waals surface area contributed by atoms with E-state index in [9.17, 15) is 4.39 Å². The summed E-state index contributed by atoms with van der Waals surface area (Å²) in [6.45, 7) is 0.581. The van der Waals surface area contributed by atoms with E-state index < -0.39 is 0 Å². The van der Waals surface area contributed by atoms with Gasteiger partial charge in [-0.1, -0.05) is 12.1 Å². The molecule has 1 aromatic carbocycles. The largest absolute Gasteiger partial charge is 0.396 e. The second kappa shape index (κ2) is 3.91. The summed E-state index contributed by atoms with van der Waals surface area (Å²) < 4.78 is 13.5. The molecule has 0 amide bonds. The van der Waals surface area contributed by atoms with E-state index >= 15 is 0 Å². The Balaban J connectivity index is 2.46. The predicted octanol–water partition coefficient (Wildman–Crippen LogP) is 1.35. The highest BCUT2D eigenvalue weighted by molar-refractivity contribution is 5.40. The zero-order valence-corrected chi connectivity index (χ0v) is 8.67. The van der Waals surface area contributed by atoms with Crippen molar-refractivity contribution in [1.29, 1.82) is 0 Å². The van der Waals surface area contributed by atoms with Crippen LogP contribution in [0.4, 0.5) is 4.39 Å². The van der Waals surface area contributed by atoms with Crippen LogP contribution in [0.2, 0.25) is 0 Å². The van der Waals surface area contributed by atoms with Gasteiger partial charge in [0.05, 0.1) is 0 Å². The third-order valence-corrected chi connectivity index (χ3v) is 3.52. The molecule has 3 N–H and O–H groups in total. The lowest BCUT2D eigenvalue weighted by atomic mass is 9.79. The fourth-order valence-corrected chi connectivity index (χ4v) is 2.60. The van der Waals surface area contributed by atoms with E-state index in [1.165, 1.54) is 6.07 Å². The smallest absolute Gasteiger partial charge is 0.126 e. The van der Waals surface area contributed by atoms with Crippen molar-refractivity contribution < 1.29 is 9.50 Å². The fraction of sp³-hybridized carbons (Fsp3) is 0.500. The number of fused-ring (bicyclic) bond motifs is 1. The lowest BCUT2D eigenvalue weighted by molar-refractivity contribution is 0.238. The Morgan fingerprint density at radius 1 is 1.47 bits per heavy atom. The van der Waals surface area contributed by atoms with Crippen molar-refractivity contribution in [2.45, 2.75) is 24.7 Å². The Morgan fingerprint density at radius 3 is 2.93 bits per heavy atom. The van der Waals surface area contributed by atoms with Crippen molar-refractivity contribution >= 4 is 0 Å². The highest BCUT2D eigenvalue weighted by Crippen LogP contribution is 2.41. The summed E-state index contributed by atoms with van der Waals surface area (Å²) in [7, 11) is 0. The van der Waals surface area contributed by atoms with Gasteiger partial charge < -0.3 is 10.8 Å². The van der Waals surface area contributed by atoms with Crippen LogP contribution in [0.25, 0.3) is 0 Å². The molecule has 3 heteroatoms. The Morgan fingerprint density at radius 2 is 2.27 bits per heavy atom. The van der Waals surface area contributed by atoms with Gasteiger partial charge in [-0.05, 0) is 36.5 Å². The summed E-state index contributed by atoms with van der Waals surface area (Å²) >= 11 is 0. The second-order valence-corrected chi connectivity index (χ2v) is 4.22. The molecule has 0 heterocycles. The fourth-order valence-electron chi connectivity index (χ4n) is 2.60. The monoisotopic (exact) mass is 209 g/mol. The molecule has 0 aliphatic heterocycles. The maximum Gasteiger partial charge on any atom is 0.126 e. The first-order valence-corrected chi connectivity index (χ1v) is 5.32. The van der Waals surface area contributed by atoms with Crippen molar-refractivity contribution in [3.8, 4) is 0 Å². The quantitative estimate of drug-likeness (QED) is 0.789. The van der Waals surface area contributed by atoms with E-state index in [-0.39, 0.29) is 17.8 Å². The van der Waals surface area contributed by atoms with E-state index in [0.29, 0.717) is 13.0 Å². The van der Waals surface area contributed by atoms with Crippen molar-refractivity contribution in [2.24, 2.45) is 5.73 Å². The van der Waals surface area contributed by atoms with Crippen LogP contribution in [0.3, 0.4) is 0 Å². The van der Waals surface area contributed by atoms with Gasteiger partial charge >= 0.3 is 0 Å². The van der Waals surface area contributed by atoms with Crippen LogP contribution >= 0.6 is 0 Å². The van der Waals surface area contributed by atoms with Gasteiger partial charge in [0.2, 0.25) is 0 Å². The lowest BCUT2D eigenvalue weighted by Crippen LogP contribution is -2.33. The molecular weight excluding hydrogens is 193 g/mol. The molecule has 0 saturated heterocycles. The molecule has 2 rings (SSSR count). The van der Waals surface area contributed by atoms with Gasteiger partial charge in [-0.2, -0.15) is 0 Å². The number of nitrogens with two attached hydrogens (primary N) is 1. The third kappa shape index (κ3) is 1.56. The average Bonchev–Trinajstić information content (AvgIpc) is 2.61. The molecule has 82 valence electrons. The van der Waals surface area contributed by atoms with E-state index in [0.717, 1.165) is 24.0 Å². The van der Waals surface area contributed by atoms with E-state index in [1.807, 2.05) is 6.07 Å². The summed E-state index contributed by atoms with van der Waals surface area (Å²) in [5.41, 5.74) is 7.37. The van der Waals surface area contributed by atoms with Gasteiger partial charge in [-0.3, -0.25) is 0 Å². The zero-order chi connectivity index (χ0) is 10.9. The van der Waals surface area contributed by atoms with Crippen molar-refractivity contribution in [1.82, 2.24) is 0 Å². The number of rotatable bonds is 3. The molecule has 0 saturated carbocycles. The maximum atomic E-state index is 13.5. The Bertz CT molecular complexity index is 367. The summed E-state index contributed by atoms with van der Waals surface area (Å²) in [6, 6.07) is 5.15. The lowest BCUT2D eigenvalue weighted by Gasteiger charge is -2.28. The number of halogens is 1. The minimum Gasteiger partial charge on any atom is -0.396 e. The van der Waals surface area contributed by atoms with Gasteiger partial charge in [0.15, 0.2) is 0 Å². The number of hydrogen-bond donors (Lipinski definition) is 2. The summed E-state index contributed by atoms with van der Waals surface area (Å²) in [5.74, 6) is -0.138. The molecule has 1 aliphatic rings. The van der Waals surface area contributed by atoms with Gasteiger partial charge in [-0.15, -0.1) is 0 Å². The first-order valence-electron chi connectivity index (χ1n) is 5.32. The average molecular weight is 209 g/mol. The first kappa shape index (κ1) is 10.6. The van der Waals surface area contributed by atoms with Crippen LogP contribution in [0.15, 0.2) is 18.2 Å². The highest BCUT2D eigenvalue weighted by atomic mass is 19.1. The van der Waals surface area contributed by atoms with Gasteiger partial charge in [0.25, 0.3) is 0 Å². The van der Waals surface area contributed by atoms with E-state index in [4.69, 9.17) is 10.8 Å². The first-order chi connectivity index (χ1) is 7.23. The van der Waals surface area contributed by atoms with Crippen LogP contribution in [0.1, 0.15) is 24.0 Å². The molecule has 0 radical (unpaired) electrons. The molecule has 1 aromatic rings. The molecule has 2 nitrogen and oxygen atoms in total. The molecule has 1 aliphatic carbocycles. The van der Waals surface area contributed by atoms with Gasteiger partial charge in [-0.25, -0.2) is 4.39 Å². The standard InChI is InChI=1S/C12H16FNO/c13-11-3-1-2-10-9(11)4-5-12(10,8-14)6-7-15/h1-3,15H,4-8,14H2. The third-order valence-electron chi connectivity index (χ3n) is 3.52. The van der Waals surface area contributed by atoms with Crippen LogP contribution in [-0.2, 0) is 11.8 Å². The van der Waals surface area contributed by atoms with Crippen LogP contribution < -0.4 is 5.73 Å². The number of aliphatic hydroxyl groups excluding tert-OH is 1. The Kier molecular flexibility index (Phi) is 2.76. The molecule has 15 heavy (non-hydrogen) atoms. The highest BCUT2D eigenvalue weighted by Gasteiger charge is 2.38.